The van der Waals surface area contributed by atoms with Gasteiger partial charge in [0.25, 0.3) is 5.89 Å². The van der Waals surface area contributed by atoms with Gasteiger partial charge in [0.15, 0.2) is 6.61 Å². The summed E-state index contributed by atoms with van der Waals surface area (Å²) in [5, 5.41) is 7.98. The van der Waals surface area contributed by atoms with Crippen LogP contribution < -0.4 is 4.74 Å². The molecule has 9 nitrogen and oxygen atoms in total. The molecule has 29 heavy (non-hydrogen) atoms. The Morgan fingerprint density at radius 1 is 1.14 bits per heavy atom. The molecule has 2 aromatic heterocycles. The van der Waals surface area contributed by atoms with Crippen LogP contribution in [0, 0.1) is 0 Å². The fourth-order valence-electron chi connectivity index (χ4n) is 2.66. The second-order valence-corrected chi connectivity index (χ2v) is 5.90. The fraction of sp³-hybridized carbons (Fsp3) is 0.150. The molecular weight excluding hydrogens is 374 g/mol. The van der Waals surface area contributed by atoms with Gasteiger partial charge < -0.3 is 14.0 Å². The molecule has 4 aromatic rings. The summed E-state index contributed by atoms with van der Waals surface area (Å²) < 4.78 is 17.6. The highest BCUT2D eigenvalue weighted by molar-refractivity contribution is 5.89. The minimum Gasteiger partial charge on any atom is -0.493 e. The summed E-state index contributed by atoms with van der Waals surface area (Å²) in [6.07, 6.45) is 3.01. The lowest BCUT2D eigenvalue weighted by atomic mass is 10.2. The van der Waals surface area contributed by atoms with E-state index < -0.39 is 5.97 Å². The first-order valence-corrected chi connectivity index (χ1v) is 8.91. The zero-order chi connectivity index (χ0) is 20.1. The number of hydrogen-bond donors (Lipinski definition) is 0. The maximum Gasteiger partial charge on any atom is 0.338 e. The van der Waals surface area contributed by atoms with Crippen molar-refractivity contribution in [2.75, 3.05) is 6.61 Å². The first-order valence-electron chi connectivity index (χ1n) is 8.91. The van der Waals surface area contributed by atoms with E-state index in [-0.39, 0.29) is 12.5 Å². The summed E-state index contributed by atoms with van der Waals surface area (Å²) >= 11 is 0. The first-order chi connectivity index (χ1) is 14.2. The van der Waals surface area contributed by atoms with Crippen molar-refractivity contribution in [3.8, 4) is 22.8 Å². The first kappa shape index (κ1) is 18.4. The number of rotatable bonds is 7. The third-order valence-electron chi connectivity index (χ3n) is 4.01. The van der Waals surface area contributed by atoms with Gasteiger partial charge >= 0.3 is 5.97 Å². The molecular formula is C20H17N5O4. The lowest BCUT2D eigenvalue weighted by Crippen LogP contribution is -2.06. The molecule has 0 unspecified atom stereocenters. The van der Waals surface area contributed by atoms with Gasteiger partial charge in [0.1, 0.15) is 18.4 Å². The number of nitrogens with zero attached hydrogens (tertiary/aromatic N) is 5. The summed E-state index contributed by atoms with van der Waals surface area (Å²) in [6, 6.07) is 14.2. The zero-order valence-corrected chi connectivity index (χ0v) is 15.6. The van der Waals surface area contributed by atoms with Crippen molar-refractivity contribution in [3.63, 3.8) is 0 Å². The van der Waals surface area contributed by atoms with Gasteiger partial charge in [0.05, 0.1) is 23.4 Å². The molecule has 0 aliphatic heterocycles. The molecule has 0 bridgehead atoms. The number of carbonyl (C=O) groups excluding carboxylic acids is 1. The van der Waals surface area contributed by atoms with Crippen molar-refractivity contribution in [2.45, 2.75) is 13.5 Å². The molecule has 0 saturated carbocycles. The van der Waals surface area contributed by atoms with Crippen molar-refractivity contribution in [2.24, 2.45) is 0 Å². The number of ether oxygens (including phenoxy) is 2. The highest BCUT2D eigenvalue weighted by Gasteiger charge is 2.15. The van der Waals surface area contributed by atoms with Crippen LogP contribution in [0.5, 0.6) is 5.75 Å². The van der Waals surface area contributed by atoms with Gasteiger partial charge in [0, 0.05) is 0 Å². The van der Waals surface area contributed by atoms with Crippen molar-refractivity contribution in [1.29, 1.82) is 0 Å². The normalized spacial score (nSPS) is 10.7. The largest absolute Gasteiger partial charge is 0.493 e. The number of aromatic nitrogens is 5. The molecule has 0 amide bonds. The molecule has 0 atom stereocenters. The fourth-order valence-corrected chi connectivity index (χ4v) is 2.66. The van der Waals surface area contributed by atoms with Gasteiger partial charge in [-0.3, -0.25) is 0 Å². The lowest BCUT2D eigenvalue weighted by Gasteiger charge is -2.06. The Morgan fingerprint density at radius 2 is 1.97 bits per heavy atom. The topological polar surface area (TPSA) is 105 Å². The molecule has 0 spiro atoms. The Morgan fingerprint density at radius 3 is 2.72 bits per heavy atom. The average Bonchev–Trinajstić information content (AvgIpc) is 3.45. The van der Waals surface area contributed by atoms with E-state index in [1.807, 2.05) is 31.2 Å². The average molecular weight is 391 g/mol. The third kappa shape index (κ3) is 4.13. The van der Waals surface area contributed by atoms with Crippen molar-refractivity contribution < 1.29 is 18.8 Å². The van der Waals surface area contributed by atoms with Gasteiger partial charge in [0.2, 0.25) is 5.82 Å². The molecule has 0 aliphatic carbocycles. The number of hydrogen-bond acceptors (Lipinski definition) is 8. The Labute approximate surface area is 165 Å². The maximum atomic E-state index is 12.3. The maximum absolute atomic E-state index is 12.3. The predicted octanol–water partition coefficient (Wildman–Crippen LogP) is 3.07. The number of para-hydroxylation sites is 1. The Balaban J connectivity index is 1.40. The minimum absolute atomic E-state index is 0.131. The van der Waals surface area contributed by atoms with E-state index in [9.17, 15) is 4.79 Å². The summed E-state index contributed by atoms with van der Waals surface area (Å²) in [6.45, 7) is 2.29. The van der Waals surface area contributed by atoms with E-state index in [4.69, 9.17) is 14.0 Å². The predicted molar refractivity (Wildman–Crippen MR) is 101 cm³/mol. The molecule has 0 N–H and O–H groups in total. The van der Waals surface area contributed by atoms with E-state index in [2.05, 4.69) is 20.2 Å². The Bertz CT molecular complexity index is 1090. The van der Waals surface area contributed by atoms with Crippen LogP contribution in [0.2, 0.25) is 0 Å². The van der Waals surface area contributed by atoms with Crippen LogP contribution in [0.1, 0.15) is 23.2 Å². The van der Waals surface area contributed by atoms with Crippen LogP contribution in [0.4, 0.5) is 0 Å². The van der Waals surface area contributed by atoms with Crippen LogP contribution in [-0.4, -0.2) is 37.5 Å². The van der Waals surface area contributed by atoms with Gasteiger partial charge in [-0.25, -0.2) is 14.5 Å². The number of carbonyl (C=O) groups is 1. The minimum atomic E-state index is -0.496. The second-order valence-electron chi connectivity index (χ2n) is 5.90. The van der Waals surface area contributed by atoms with Crippen LogP contribution in [-0.2, 0) is 11.3 Å². The van der Waals surface area contributed by atoms with Crippen LogP contribution >= 0.6 is 0 Å². The zero-order valence-electron chi connectivity index (χ0n) is 15.6. The van der Waals surface area contributed by atoms with Gasteiger partial charge in [-0.2, -0.15) is 10.1 Å². The second kappa shape index (κ2) is 8.34. The van der Waals surface area contributed by atoms with E-state index in [0.717, 1.165) is 5.69 Å². The molecule has 9 heteroatoms. The van der Waals surface area contributed by atoms with E-state index in [1.165, 1.54) is 6.33 Å². The molecule has 2 heterocycles. The van der Waals surface area contributed by atoms with E-state index in [0.29, 0.717) is 29.3 Å². The summed E-state index contributed by atoms with van der Waals surface area (Å²) in [5.74, 6) is 0.729. The molecule has 146 valence electrons. The summed E-state index contributed by atoms with van der Waals surface area (Å²) in [4.78, 5) is 20.4. The van der Waals surface area contributed by atoms with Crippen molar-refractivity contribution in [1.82, 2.24) is 24.9 Å². The molecule has 0 saturated heterocycles. The quantitative estimate of drug-likeness (QED) is 0.443. The van der Waals surface area contributed by atoms with Gasteiger partial charge in [-0.05, 0) is 43.3 Å². The monoisotopic (exact) mass is 391 g/mol. The SMILES string of the molecule is CCOc1ccccc1-c1noc(COC(=O)c2ccc(-n3cncn3)cc2)n1. The van der Waals surface area contributed by atoms with Crippen LogP contribution in [0.15, 0.2) is 65.7 Å². The molecule has 4 rings (SSSR count). The molecule has 0 radical (unpaired) electrons. The van der Waals surface area contributed by atoms with Gasteiger partial charge in [-0.1, -0.05) is 17.3 Å². The standard InChI is InChI=1S/C20H17N5O4/c1-2-27-17-6-4-3-5-16(17)19-23-18(29-24-19)11-28-20(26)14-7-9-15(10-8-14)25-13-21-12-22-25/h3-10,12-13H,2,11H2,1H3. The van der Waals surface area contributed by atoms with Crippen LogP contribution in [0.25, 0.3) is 17.1 Å². The van der Waals surface area contributed by atoms with E-state index >= 15 is 0 Å². The molecule has 0 aliphatic rings. The van der Waals surface area contributed by atoms with Gasteiger partial charge in [-0.15, -0.1) is 0 Å². The number of esters is 1. The van der Waals surface area contributed by atoms with Crippen molar-refractivity contribution in [3.05, 3.63) is 72.6 Å². The third-order valence-corrected chi connectivity index (χ3v) is 4.01. The van der Waals surface area contributed by atoms with E-state index in [1.54, 1.807) is 35.3 Å². The highest BCUT2D eigenvalue weighted by Crippen LogP contribution is 2.27. The molecule has 2 aromatic carbocycles. The summed E-state index contributed by atoms with van der Waals surface area (Å²) in [7, 11) is 0. The van der Waals surface area contributed by atoms with Crippen LogP contribution in [0.3, 0.4) is 0 Å². The Kier molecular flexibility index (Phi) is 5.28. The summed E-state index contributed by atoms with van der Waals surface area (Å²) in [5.41, 5.74) is 1.89. The Hall–Kier alpha value is -4.01. The lowest BCUT2D eigenvalue weighted by molar-refractivity contribution is 0.0430. The smallest absolute Gasteiger partial charge is 0.338 e. The number of benzene rings is 2. The van der Waals surface area contributed by atoms with Crippen molar-refractivity contribution >= 4 is 5.97 Å². The highest BCUT2D eigenvalue weighted by atomic mass is 16.6. The molecule has 0 fully saturated rings.